The lowest BCUT2D eigenvalue weighted by Crippen LogP contribution is -2.49. The van der Waals surface area contributed by atoms with Gasteiger partial charge in [0.1, 0.15) is 11.9 Å². The molecular formula is C18H20ClFN2O3S. The Morgan fingerprint density at radius 1 is 1.15 bits per heavy atom. The molecule has 2 aromatic carbocycles. The van der Waals surface area contributed by atoms with E-state index in [4.69, 9.17) is 11.6 Å². The van der Waals surface area contributed by atoms with Gasteiger partial charge < -0.3 is 5.32 Å². The minimum Gasteiger partial charge on any atom is -0.351 e. The Labute approximate surface area is 157 Å². The second kappa shape index (κ2) is 8.62. The molecular weight excluding hydrogens is 379 g/mol. The molecule has 26 heavy (non-hydrogen) atoms. The Kier molecular flexibility index (Phi) is 6.75. The monoisotopic (exact) mass is 398 g/mol. The quantitative estimate of drug-likeness (QED) is 0.752. The summed E-state index contributed by atoms with van der Waals surface area (Å²) in [6.07, 6.45) is 0. The maximum atomic E-state index is 12.9. The standard InChI is InChI=1S/C18H20ClFN2O3S/c1-12(2)17(18(23)21-11-13-6-8-15(20)9-7-13)22-26(24,25)16-5-3-4-14(19)10-16/h3-10,12,17,22H,11H2,1-2H3,(H,21,23). The molecule has 8 heteroatoms. The van der Waals surface area contributed by atoms with E-state index in [0.29, 0.717) is 5.56 Å². The minimum absolute atomic E-state index is 0.0121. The van der Waals surface area contributed by atoms with E-state index >= 15 is 0 Å². The lowest BCUT2D eigenvalue weighted by molar-refractivity contribution is -0.123. The Hall–Kier alpha value is -1.96. The summed E-state index contributed by atoms with van der Waals surface area (Å²) < 4.78 is 40.4. The van der Waals surface area contributed by atoms with Gasteiger partial charge in [0.25, 0.3) is 0 Å². The minimum atomic E-state index is -3.91. The van der Waals surface area contributed by atoms with Crippen LogP contribution < -0.4 is 10.0 Å². The number of sulfonamides is 1. The van der Waals surface area contributed by atoms with Crippen LogP contribution in [0.5, 0.6) is 0 Å². The summed E-state index contributed by atoms with van der Waals surface area (Å²) in [6.45, 7) is 3.65. The number of hydrogen-bond acceptors (Lipinski definition) is 3. The van der Waals surface area contributed by atoms with Gasteiger partial charge in [-0.05, 0) is 41.8 Å². The third-order valence-electron chi connectivity index (χ3n) is 3.72. The predicted molar refractivity (Wildman–Crippen MR) is 98.6 cm³/mol. The van der Waals surface area contributed by atoms with Crippen molar-refractivity contribution in [3.63, 3.8) is 0 Å². The zero-order valence-electron chi connectivity index (χ0n) is 14.4. The third-order valence-corrected chi connectivity index (χ3v) is 5.39. The van der Waals surface area contributed by atoms with Crippen LogP contribution in [0.2, 0.25) is 5.02 Å². The van der Waals surface area contributed by atoms with Crippen molar-refractivity contribution in [1.82, 2.24) is 10.0 Å². The Bertz CT molecular complexity index is 870. The van der Waals surface area contributed by atoms with E-state index < -0.39 is 22.0 Å². The second-order valence-electron chi connectivity index (χ2n) is 6.14. The molecule has 0 aromatic heterocycles. The van der Waals surface area contributed by atoms with Crippen LogP contribution in [0.25, 0.3) is 0 Å². The lowest BCUT2D eigenvalue weighted by Gasteiger charge is -2.21. The smallest absolute Gasteiger partial charge is 0.241 e. The highest BCUT2D eigenvalue weighted by atomic mass is 35.5. The summed E-state index contributed by atoms with van der Waals surface area (Å²) in [6, 6.07) is 10.5. The zero-order chi connectivity index (χ0) is 19.3. The van der Waals surface area contributed by atoms with Gasteiger partial charge in [0.05, 0.1) is 4.90 Å². The molecule has 2 N–H and O–H groups in total. The van der Waals surface area contributed by atoms with Crippen molar-refractivity contribution in [3.8, 4) is 0 Å². The molecule has 0 saturated heterocycles. The van der Waals surface area contributed by atoms with Crippen molar-refractivity contribution in [2.45, 2.75) is 31.3 Å². The fourth-order valence-corrected chi connectivity index (χ4v) is 3.91. The van der Waals surface area contributed by atoms with Crippen LogP contribution in [0.1, 0.15) is 19.4 Å². The highest BCUT2D eigenvalue weighted by Gasteiger charge is 2.28. The SMILES string of the molecule is CC(C)C(NS(=O)(=O)c1cccc(Cl)c1)C(=O)NCc1ccc(F)cc1. The van der Waals surface area contributed by atoms with Gasteiger partial charge in [0, 0.05) is 11.6 Å². The van der Waals surface area contributed by atoms with Gasteiger partial charge in [-0.2, -0.15) is 4.72 Å². The summed E-state index contributed by atoms with van der Waals surface area (Å²) in [7, 11) is -3.91. The zero-order valence-corrected chi connectivity index (χ0v) is 15.9. The van der Waals surface area contributed by atoms with Crippen molar-refractivity contribution >= 4 is 27.5 Å². The van der Waals surface area contributed by atoms with Gasteiger partial charge in [-0.15, -0.1) is 0 Å². The van der Waals surface area contributed by atoms with E-state index in [2.05, 4.69) is 10.0 Å². The Morgan fingerprint density at radius 2 is 1.81 bits per heavy atom. The first-order chi connectivity index (χ1) is 12.2. The molecule has 0 saturated carbocycles. The molecule has 0 fully saturated rings. The maximum Gasteiger partial charge on any atom is 0.241 e. The fraction of sp³-hybridized carbons (Fsp3) is 0.278. The molecule has 0 aliphatic carbocycles. The first kappa shape index (κ1) is 20.4. The van der Waals surface area contributed by atoms with E-state index in [1.165, 1.54) is 30.3 Å². The van der Waals surface area contributed by atoms with Gasteiger partial charge in [0.2, 0.25) is 15.9 Å². The van der Waals surface area contributed by atoms with E-state index in [1.54, 1.807) is 32.0 Å². The molecule has 2 rings (SSSR count). The van der Waals surface area contributed by atoms with Crippen molar-refractivity contribution < 1.29 is 17.6 Å². The lowest BCUT2D eigenvalue weighted by atomic mass is 10.0. The summed E-state index contributed by atoms with van der Waals surface area (Å²) in [5, 5.41) is 2.96. The normalized spacial score (nSPS) is 12.8. The van der Waals surface area contributed by atoms with Crippen LogP contribution in [0, 0.1) is 11.7 Å². The number of nitrogens with one attached hydrogen (secondary N) is 2. The predicted octanol–water partition coefficient (Wildman–Crippen LogP) is 3.10. The molecule has 0 heterocycles. The first-order valence-corrected chi connectivity index (χ1v) is 9.85. The van der Waals surface area contributed by atoms with Crippen LogP contribution in [0.15, 0.2) is 53.4 Å². The molecule has 0 bridgehead atoms. The number of halogens is 2. The van der Waals surface area contributed by atoms with Crippen LogP contribution in [0.3, 0.4) is 0 Å². The highest BCUT2D eigenvalue weighted by Crippen LogP contribution is 2.17. The van der Waals surface area contributed by atoms with Gasteiger partial charge in [-0.3, -0.25) is 4.79 Å². The highest BCUT2D eigenvalue weighted by molar-refractivity contribution is 7.89. The van der Waals surface area contributed by atoms with Crippen LogP contribution in [-0.4, -0.2) is 20.4 Å². The molecule has 1 unspecified atom stereocenters. The summed E-state index contributed by atoms with van der Waals surface area (Å²) >= 11 is 5.84. The number of hydrogen-bond donors (Lipinski definition) is 2. The first-order valence-electron chi connectivity index (χ1n) is 7.99. The molecule has 5 nitrogen and oxygen atoms in total. The van der Waals surface area contributed by atoms with Crippen LogP contribution in [0.4, 0.5) is 4.39 Å². The van der Waals surface area contributed by atoms with E-state index in [0.717, 1.165) is 0 Å². The number of carbonyl (C=O) groups is 1. The van der Waals surface area contributed by atoms with Crippen molar-refractivity contribution in [3.05, 3.63) is 64.9 Å². The second-order valence-corrected chi connectivity index (χ2v) is 8.30. The van der Waals surface area contributed by atoms with Crippen molar-refractivity contribution in [1.29, 1.82) is 0 Å². The molecule has 0 radical (unpaired) electrons. The number of carbonyl (C=O) groups excluding carboxylic acids is 1. The maximum absolute atomic E-state index is 12.9. The third kappa shape index (κ3) is 5.52. The van der Waals surface area contributed by atoms with Gasteiger partial charge >= 0.3 is 0 Å². The summed E-state index contributed by atoms with van der Waals surface area (Å²) in [4.78, 5) is 12.5. The molecule has 140 valence electrons. The topological polar surface area (TPSA) is 75.3 Å². The van der Waals surface area contributed by atoms with Crippen LogP contribution >= 0.6 is 11.6 Å². The molecule has 0 aliphatic heterocycles. The van der Waals surface area contributed by atoms with E-state index in [-0.39, 0.29) is 28.2 Å². The van der Waals surface area contributed by atoms with Gasteiger partial charge in [0.15, 0.2) is 0 Å². The van der Waals surface area contributed by atoms with Crippen LogP contribution in [-0.2, 0) is 21.4 Å². The summed E-state index contributed by atoms with van der Waals surface area (Å²) in [5.74, 6) is -1.11. The molecule has 1 amide bonds. The summed E-state index contributed by atoms with van der Waals surface area (Å²) in [5.41, 5.74) is 0.708. The molecule has 0 spiro atoms. The fourth-order valence-electron chi connectivity index (χ4n) is 2.26. The van der Waals surface area contributed by atoms with Crippen molar-refractivity contribution in [2.24, 2.45) is 5.92 Å². The van der Waals surface area contributed by atoms with Gasteiger partial charge in [-0.25, -0.2) is 12.8 Å². The Morgan fingerprint density at radius 3 is 2.38 bits per heavy atom. The molecule has 1 atom stereocenters. The number of benzene rings is 2. The number of amides is 1. The van der Waals surface area contributed by atoms with Gasteiger partial charge in [-0.1, -0.05) is 43.6 Å². The van der Waals surface area contributed by atoms with Crippen molar-refractivity contribution in [2.75, 3.05) is 0 Å². The van der Waals surface area contributed by atoms with E-state index in [9.17, 15) is 17.6 Å². The molecule has 2 aromatic rings. The largest absolute Gasteiger partial charge is 0.351 e. The molecule has 0 aliphatic rings. The average Bonchev–Trinajstić information content (AvgIpc) is 2.59. The number of rotatable bonds is 7. The Balaban J connectivity index is 2.09. The average molecular weight is 399 g/mol. The van der Waals surface area contributed by atoms with E-state index in [1.807, 2.05) is 0 Å².